The molecule has 0 bridgehead atoms. The maximum Gasteiger partial charge on any atom is 0.231 e. The summed E-state index contributed by atoms with van der Waals surface area (Å²) in [6.07, 6.45) is 0. The van der Waals surface area contributed by atoms with Crippen LogP contribution in [0.15, 0.2) is 30.3 Å². The molecule has 8 nitrogen and oxygen atoms in total. The third kappa shape index (κ3) is 3.55. The number of hydrogen-bond donors (Lipinski definition) is 0. The molecule has 0 atom stereocenters. The topological polar surface area (TPSA) is 77.1 Å². The molecule has 5 heterocycles. The molecular formula is C25H26ClFN8. The van der Waals surface area contributed by atoms with Crippen LogP contribution in [0.5, 0.6) is 0 Å². The Hall–Kier alpha value is -3.22. The van der Waals surface area contributed by atoms with E-state index in [0.717, 1.165) is 55.0 Å². The van der Waals surface area contributed by atoms with Gasteiger partial charge in [-0.2, -0.15) is 5.26 Å². The van der Waals surface area contributed by atoms with E-state index in [-0.39, 0.29) is 11.2 Å². The normalized spacial score (nSPS) is 18.9. The minimum Gasteiger partial charge on any atom is -0.355 e. The first kappa shape index (κ1) is 22.3. The monoisotopic (exact) mass is 492 g/mol. The zero-order chi connectivity index (χ0) is 24.5. The number of rotatable bonds is 3. The van der Waals surface area contributed by atoms with E-state index in [1.165, 1.54) is 6.07 Å². The minimum atomic E-state index is -0.663. The van der Waals surface area contributed by atoms with Crippen LogP contribution in [0.2, 0.25) is 5.02 Å². The largest absolute Gasteiger partial charge is 0.355 e. The van der Waals surface area contributed by atoms with E-state index in [0.29, 0.717) is 23.8 Å². The standard InChI is InChI=1S/C25H26ClFN8/c1-16-19(27)5-7-21(29-16)32-12-25(13-32)14-33(15-25)23-31-30-22-10-34(24(2,3)11-28)9-17-8-18(26)4-6-20(17)35(22)23/h4-8H,9-10,12-15H2,1-3H3. The molecule has 3 aliphatic rings. The van der Waals surface area contributed by atoms with Crippen LogP contribution < -0.4 is 9.80 Å². The summed E-state index contributed by atoms with van der Waals surface area (Å²) >= 11 is 6.35. The van der Waals surface area contributed by atoms with Gasteiger partial charge in [-0.15, -0.1) is 10.2 Å². The third-order valence-corrected chi connectivity index (χ3v) is 7.71. The van der Waals surface area contributed by atoms with Crippen molar-refractivity contribution in [1.29, 1.82) is 5.26 Å². The summed E-state index contributed by atoms with van der Waals surface area (Å²) in [7, 11) is 0. The fraction of sp³-hybridized carbons (Fsp3) is 0.440. The molecule has 180 valence electrons. The van der Waals surface area contributed by atoms with Crippen LogP contribution in [0.3, 0.4) is 0 Å². The Bertz CT molecular complexity index is 1360. The van der Waals surface area contributed by atoms with Crippen molar-refractivity contribution in [2.45, 2.75) is 39.4 Å². The Morgan fingerprint density at radius 3 is 2.51 bits per heavy atom. The molecule has 0 N–H and O–H groups in total. The van der Waals surface area contributed by atoms with Gasteiger partial charge in [-0.05, 0) is 56.7 Å². The predicted octanol–water partition coefficient (Wildman–Crippen LogP) is 3.71. The summed E-state index contributed by atoms with van der Waals surface area (Å²) in [5, 5.41) is 19.5. The Labute approximate surface area is 208 Å². The molecule has 2 aromatic heterocycles. The van der Waals surface area contributed by atoms with Gasteiger partial charge in [0.2, 0.25) is 5.95 Å². The molecule has 2 fully saturated rings. The Kier molecular flexibility index (Phi) is 4.86. The van der Waals surface area contributed by atoms with E-state index in [2.05, 4.69) is 40.5 Å². The second kappa shape index (κ2) is 7.64. The first-order valence-electron chi connectivity index (χ1n) is 11.7. The van der Waals surface area contributed by atoms with E-state index in [1.54, 1.807) is 13.0 Å². The highest BCUT2D eigenvalue weighted by Gasteiger charge is 2.53. The van der Waals surface area contributed by atoms with E-state index in [1.807, 2.05) is 32.0 Å². The molecular weight excluding hydrogens is 467 g/mol. The minimum absolute atomic E-state index is 0.179. The number of anilines is 2. The molecule has 3 aliphatic heterocycles. The van der Waals surface area contributed by atoms with E-state index < -0.39 is 5.54 Å². The lowest BCUT2D eigenvalue weighted by atomic mass is 9.73. The zero-order valence-electron chi connectivity index (χ0n) is 20.0. The summed E-state index contributed by atoms with van der Waals surface area (Å²) in [4.78, 5) is 11.0. The van der Waals surface area contributed by atoms with Gasteiger partial charge in [0.25, 0.3) is 0 Å². The van der Waals surface area contributed by atoms with Crippen LogP contribution in [-0.4, -0.2) is 56.4 Å². The molecule has 1 spiro atoms. The van der Waals surface area contributed by atoms with Crippen molar-refractivity contribution in [3.05, 3.63) is 58.3 Å². The SMILES string of the molecule is Cc1nc(N2CC3(C2)CN(c2nnc4n2-c2ccc(Cl)cc2CN(C(C)(C)C#N)C4)C3)ccc1F. The molecule has 0 aliphatic carbocycles. The number of benzene rings is 1. The molecule has 0 amide bonds. The summed E-state index contributed by atoms with van der Waals surface area (Å²) in [5.41, 5.74) is 1.99. The highest BCUT2D eigenvalue weighted by Crippen LogP contribution is 2.44. The van der Waals surface area contributed by atoms with Crippen molar-refractivity contribution in [1.82, 2.24) is 24.6 Å². The Morgan fingerprint density at radius 2 is 1.80 bits per heavy atom. The van der Waals surface area contributed by atoms with Gasteiger partial charge in [0, 0.05) is 43.2 Å². The predicted molar refractivity (Wildman–Crippen MR) is 131 cm³/mol. The molecule has 1 aromatic carbocycles. The zero-order valence-corrected chi connectivity index (χ0v) is 20.7. The number of pyridine rings is 1. The van der Waals surface area contributed by atoms with Crippen molar-refractivity contribution in [3.63, 3.8) is 0 Å². The summed E-state index contributed by atoms with van der Waals surface area (Å²) in [6, 6.07) is 11.5. The fourth-order valence-corrected chi connectivity index (χ4v) is 5.59. The second-order valence-electron chi connectivity index (χ2n) is 10.5. The Balaban J connectivity index is 1.25. The summed E-state index contributed by atoms with van der Waals surface area (Å²) in [5.74, 6) is 2.19. The smallest absolute Gasteiger partial charge is 0.231 e. The molecule has 6 rings (SSSR count). The first-order chi connectivity index (χ1) is 16.7. The molecule has 0 radical (unpaired) electrons. The quantitative estimate of drug-likeness (QED) is 0.551. The van der Waals surface area contributed by atoms with Gasteiger partial charge in [-0.25, -0.2) is 9.37 Å². The third-order valence-electron chi connectivity index (χ3n) is 7.47. The number of aromatic nitrogens is 4. The lowest BCUT2D eigenvalue weighted by Gasteiger charge is -2.60. The lowest BCUT2D eigenvalue weighted by Crippen LogP contribution is -2.73. The van der Waals surface area contributed by atoms with Crippen LogP contribution in [0.25, 0.3) is 5.69 Å². The van der Waals surface area contributed by atoms with Crippen molar-refractivity contribution >= 4 is 23.4 Å². The number of fused-ring (bicyclic) bond motifs is 3. The van der Waals surface area contributed by atoms with Crippen LogP contribution in [0.1, 0.15) is 30.9 Å². The van der Waals surface area contributed by atoms with Gasteiger partial charge in [0.1, 0.15) is 17.2 Å². The molecule has 0 unspecified atom stereocenters. The van der Waals surface area contributed by atoms with Gasteiger partial charge in [0.15, 0.2) is 5.82 Å². The number of nitrogens with zero attached hydrogens (tertiary/aromatic N) is 8. The van der Waals surface area contributed by atoms with Gasteiger partial charge < -0.3 is 9.80 Å². The van der Waals surface area contributed by atoms with E-state index in [4.69, 9.17) is 11.6 Å². The maximum atomic E-state index is 13.6. The maximum absolute atomic E-state index is 13.6. The van der Waals surface area contributed by atoms with Crippen molar-refractivity contribution in [2.75, 3.05) is 36.0 Å². The van der Waals surface area contributed by atoms with E-state index in [9.17, 15) is 9.65 Å². The highest BCUT2D eigenvalue weighted by atomic mass is 35.5. The van der Waals surface area contributed by atoms with Gasteiger partial charge in [-0.3, -0.25) is 9.47 Å². The number of halogens is 2. The molecule has 2 saturated heterocycles. The van der Waals surface area contributed by atoms with Gasteiger partial charge in [-0.1, -0.05) is 11.6 Å². The first-order valence-corrected chi connectivity index (χ1v) is 12.1. The molecule has 10 heteroatoms. The lowest BCUT2D eigenvalue weighted by molar-refractivity contribution is 0.147. The average molecular weight is 493 g/mol. The van der Waals surface area contributed by atoms with Crippen molar-refractivity contribution in [3.8, 4) is 11.8 Å². The molecule has 0 saturated carbocycles. The number of hydrogen-bond acceptors (Lipinski definition) is 7. The second-order valence-corrected chi connectivity index (χ2v) is 10.9. The summed E-state index contributed by atoms with van der Waals surface area (Å²) in [6.45, 7) is 10.2. The Morgan fingerprint density at radius 1 is 1.06 bits per heavy atom. The van der Waals surface area contributed by atoms with E-state index >= 15 is 0 Å². The van der Waals surface area contributed by atoms with Crippen molar-refractivity contribution < 1.29 is 4.39 Å². The number of aryl methyl sites for hydroxylation is 1. The number of nitriles is 1. The van der Waals surface area contributed by atoms with Gasteiger partial charge in [0.05, 0.1) is 24.0 Å². The average Bonchev–Trinajstić information content (AvgIpc) is 3.09. The summed E-state index contributed by atoms with van der Waals surface area (Å²) < 4.78 is 15.7. The molecule has 3 aromatic rings. The van der Waals surface area contributed by atoms with Crippen molar-refractivity contribution in [2.24, 2.45) is 5.41 Å². The van der Waals surface area contributed by atoms with Gasteiger partial charge >= 0.3 is 0 Å². The molecule has 35 heavy (non-hydrogen) atoms. The van der Waals surface area contributed by atoms with Crippen LogP contribution in [-0.2, 0) is 13.1 Å². The van der Waals surface area contributed by atoms with Crippen LogP contribution in [0.4, 0.5) is 16.2 Å². The van der Waals surface area contributed by atoms with Crippen LogP contribution >= 0.6 is 11.6 Å². The van der Waals surface area contributed by atoms with Crippen LogP contribution in [0, 0.1) is 29.5 Å². The fourth-order valence-electron chi connectivity index (χ4n) is 5.40. The highest BCUT2D eigenvalue weighted by molar-refractivity contribution is 6.30.